The highest BCUT2D eigenvalue weighted by Gasteiger charge is 2.47. The predicted molar refractivity (Wildman–Crippen MR) is 161 cm³/mol. The van der Waals surface area contributed by atoms with Crippen LogP contribution in [0.2, 0.25) is 0 Å². The number of carbonyl (C=O) groups is 5. The average Bonchev–Trinajstić information content (AvgIpc) is 3.18. The number of nitrogens with zero attached hydrogens (tertiary/aromatic N) is 1. The Morgan fingerprint density at radius 2 is 1.81 bits per heavy atom. The first-order valence-electron chi connectivity index (χ1n) is 15.2. The zero-order valence-corrected chi connectivity index (χ0v) is 27.0. The molecule has 0 saturated carbocycles. The Balaban J connectivity index is 1.86. The van der Waals surface area contributed by atoms with Crippen LogP contribution in [-0.2, 0) is 47.7 Å². The van der Waals surface area contributed by atoms with Crippen molar-refractivity contribution >= 4 is 29.6 Å². The molecule has 9 N–H and O–H groups in total. The molecule has 47 heavy (non-hydrogen) atoms. The lowest BCUT2D eigenvalue weighted by Gasteiger charge is -2.41. The van der Waals surface area contributed by atoms with Crippen molar-refractivity contribution in [2.75, 3.05) is 20.9 Å². The van der Waals surface area contributed by atoms with Crippen LogP contribution < -0.4 is 27.4 Å². The number of rotatable bonds is 14. The minimum absolute atomic E-state index is 0.0700. The minimum Gasteiger partial charge on any atom is -0.456 e. The van der Waals surface area contributed by atoms with Gasteiger partial charge in [-0.15, -0.1) is 0 Å². The molecular formula is C29H46N6O12. The summed E-state index contributed by atoms with van der Waals surface area (Å²) in [5.41, 5.74) is 11.7. The molecule has 1 unspecified atom stereocenters. The van der Waals surface area contributed by atoms with Crippen LogP contribution in [0, 0.1) is 5.92 Å². The summed E-state index contributed by atoms with van der Waals surface area (Å²) in [7, 11) is 2.42. The molecule has 0 aliphatic carbocycles. The van der Waals surface area contributed by atoms with Gasteiger partial charge in [0.1, 0.15) is 36.5 Å². The number of esters is 1. The number of amides is 4. The third-order valence-corrected chi connectivity index (χ3v) is 7.97. The second kappa shape index (κ2) is 16.8. The molecule has 3 aliphatic rings. The van der Waals surface area contributed by atoms with Gasteiger partial charge in [-0.1, -0.05) is 13.8 Å². The van der Waals surface area contributed by atoms with E-state index in [1.54, 1.807) is 13.8 Å². The van der Waals surface area contributed by atoms with E-state index < -0.39 is 84.6 Å². The number of nitrogens with one attached hydrogen (secondary N) is 3. The van der Waals surface area contributed by atoms with E-state index in [0.29, 0.717) is 12.8 Å². The lowest BCUT2D eigenvalue weighted by Crippen LogP contribution is -2.61. The van der Waals surface area contributed by atoms with Gasteiger partial charge in [0.15, 0.2) is 11.9 Å². The number of hydrogen-bond acceptors (Lipinski definition) is 14. The van der Waals surface area contributed by atoms with Crippen molar-refractivity contribution in [3.8, 4) is 0 Å². The van der Waals surface area contributed by atoms with Gasteiger partial charge in [-0.25, -0.2) is 0 Å². The lowest BCUT2D eigenvalue weighted by atomic mass is 10.0. The van der Waals surface area contributed by atoms with E-state index in [2.05, 4.69) is 16.0 Å². The fourth-order valence-corrected chi connectivity index (χ4v) is 5.13. The van der Waals surface area contributed by atoms with Gasteiger partial charge in [-0.2, -0.15) is 0 Å². The smallest absolute Gasteiger partial charge is 0.325 e. The van der Waals surface area contributed by atoms with Crippen molar-refractivity contribution < 1.29 is 57.9 Å². The first-order valence-corrected chi connectivity index (χ1v) is 15.2. The summed E-state index contributed by atoms with van der Waals surface area (Å²) < 4.78 is 28.3. The zero-order chi connectivity index (χ0) is 35.0. The molecule has 0 aromatic carbocycles. The van der Waals surface area contributed by atoms with Gasteiger partial charge >= 0.3 is 5.97 Å². The molecule has 4 amide bonds. The van der Waals surface area contributed by atoms with Gasteiger partial charge in [-0.05, 0) is 38.2 Å². The van der Waals surface area contributed by atoms with Gasteiger partial charge in [0.2, 0.25) is 30.2 Å². The highest BCUT2D eigenvalue weighted by molar-refractivity contribution is 5.95. The molecule has 0 aromatic rings. The Kier molecular flexibility index (Phi) is 13.5. The largest absolute Gasteiger partial charge is 0.456 e. The predicted octanol–water partition coefficient (Wildman–Crippen LogP) is -3.22. The molecule has 1 fully saturated rings. The van der Waals surface area contributed by atoms with Crippen LogP contribution in [0.4, 0.5) is 0 Å². The Labute approximate surface area is 272 Å². The maximum atomic E-state index is 13.1. The molecule has 1 saturated heterocycles. The van der Waals surface area contributed by atoms with E-state index in [1.165, 1.54) is 31.4 Å². The SMILES string of the molecule is COC([C@@H](OC)[C@@H](OC(=O)[C@H](N)C(C)C)N1C=CC(=O)NC1)[C@@H](O[C@H]1OC(C(=O)N[C@H]2CCC[C@@H](C)NC2=O)=C[C@H](O)[C@@H]1O)C(N)=O. The lowest BCUT2D eigenvalue weighted by molar-refractivity contribution is -0.251. The normalized spacial score (nSPS) is 28.0. The van der Waals surface area contributed by atoms with Crippen LogP contribution in [0.15, 0.2) is 24.1 Å². The fraction of sp³-hybridized carbons (Fsp3) is 0.690. The summed E-state index contributed by atoms with van der Waals surface area (Å²) in [5.74, 6) is -4.43. The first-order chi connectivity index (χ1) is 22.2. The monoisotopic (exact) mass is 670 g/mol. The Hall–Kier alpha value is -3.81. The third kappa shape index (κ3) is 9.61. The number of aliphatic hydroxyl groups is 2. The molecule has 10 atom stereocenters. The Bertz CT molecular complexity index is 1210. The molecule has 3 rings (SSSR count). The summed E-state index contributed by atoms with van der Waals surface area (Å²) in [5, 5.41) is 29.2. The summed E-state index contributed by atoms with van der Waals surface area (Å²) in [4.78, 5) is 64.6. The van der Waals surface area contributed by atoms with Crippen LogP contribution in [0.3, 0.4) is 0 Å². The maximum absolute atomic E-state index is 13.1. The van der Waals surface area contributed by atoms with Crippen molar-refractivity contribution in [2.24, 2.45) is 17.4 Å². The molecule has 0 bridgehead atoms. The van der Waals surface area contributed by atoms with Gasteiger partial charge in [0, 0.05) is 32.5 Å². The highest BCUT2D eigenvalue weighted by Crippen LogP contribution is 2.26. The molecule has 0 radical (unpaired) electrons. The van der Waals surface area contributed by atoms with E-state index >= 15 is 0 Å². The van der Waals surface area contributed by atoms with Gasteiger partial charge in [0.25, 0.3) is 5.91 Å². The average molecular weight is 671 g/mol. The molecule has 0 spiro atoms. The van der Waals surface area contributed by atoms with E-state index in [9.17, 15) is 34.2 Å². The second-order valence-corrected chi connectivity index (χ2v) is 11.9. The van der Waals surface area contributed by atoms with Crippen molar-refractivity contribution in [1.29, 1.82) is 0 Å². The third-order valence-electron chi connectivity index (χ3n) is 7.97. The molecular weight excluding hydrogens is 624 g/mol. The number of methoxy groups -OCH3 is 2. The Morgan fingerprint density at radius 1 is 1.13 bits per heavy atom. The summed E-state index contributed by atoms with van der Waals surface area (Å²) in [6.45, 7) is 5.13. The van der Waals surface area contributed by atoms with E-state index in [4.69, 9.17) is 35.2 Å². The molecule has 264 valence electrons. The summed E-state index contributed by atoms with van der Waals surface area (Å²) in [6, 6.07) is -1.99. The van der Waals surface area contributed by atoms with Crippen molar-refractivity contribution in [3.63, 3.8) is 0 Å². The summed E-state index contributed by atoms with van der Waals surface area (Å²) in [6.07, 6.45) is -6.18. The number of nitrogens with two attached hydrogens (primary N) is 2. The van der Waals surface area contributed by atoms with E-state index in [1.807, 2.05) is 6.92 Å². The van der Waals surface area contributed by atoms with Gasteiger partial charge in [0.05, 0.1) is 6.67 Å². The van der Waals surface area contributed by atoms with Crippen molar-refractivity contribution in [3.05, 3.63) is 24.1 Å². The number of carbonyl (C=O) groups excluding carboxylic acids is 5. The Morgan fingerprint density at radius 3 is 2.38 bits per heavy atom. The van der Waals surface area contributed by atoms with Crippen LogP contribution in [-0.4, -0.2) is 127 Å². The van der Waals surface area contributed by atoms with E-state index in [0.717, 1.165) is 12.5 Å². The van der Waals surface area contributed by atoms with Crippen LogP contribution >= 0.6 is 0 Å². The number of aliphatic hydroxyl groups excluding tert-OH is 2. The molecule has 3 heterocycles. The highest BCUT2D eigenvalue weighted by atomic mass is 16.7. The minimum atomic E-state index is -1.85. The zero-order valence-electron chi connectivity index (χ0n) is 27.0. The van der Waals surface area contributed by atoms with Crippen molar-refractivity contribution in [2.45, 2.75) is 101 Å². The van der Waals surface area contributed by atoms with Crippen LogP contribution in [0.25, 0.3) is 0 Å². The number of hydrogen-bond donors (Lipinski definition) is 7. The molecule has 18 heteroatoms. The van der Waals surface area contributed by atoms with Crippen LogP contribution in [0.5, 0.6) is 0 Å². The fourth-order valence-electron chi connectivity index (χ4n) is 5.13. The number of primary amides is 1. The molecule has 0 aromatic heterocycles. The van der Waals surface area contributed by atoms with Crippen LogP contribution in [0.1, 0.15) is 40.0 Å². The first kappa shape index (κ1) is 37.6. The standard InChI is InChI=1S/C29H46N6O12/c1-13(2)19(30)28(42)47-27(35-10-9-18(37)32-12-35)23(44-5)21(43-4)22(24(31)39)46-29-20(38)16(36)11-17(45-29)26(41)34-15-8-6-7-14(3)33-25(15)40/h9-11,13-16,19-23,27,29,36,38H,6-8,12,30H2,1-5H3,(H2,31,39)(H,32,37)(H,33,40)(H,34,41)/t14-,15+,16+,19-,20+,21?,22-,23-,27-,29-/m1/s1. The summed E-state index contributed by atoms with van der Waals surface area (Å²) >= 11 is 0. The maximum Gasteiger partial charge on any atom is 0.325 e. The van der Waals surface area contributed by atoms with Gasteiger partial charge in [-0.3, -0.25) is 24.0 Å². The van der Waals surface area contributed by atoms with E-state index in [-0.39, 0.29) is 24.5 Å². The second-order valence-electron chi connectivity index (χ2n) is 11.9. The molecule has 3 aliphatic heterocycles. The number of ether oxygens (including phenoxy) is 5. The molecule has 18 nitrogen and oxygen atoms in total. The topological polar surface area (TPSA) is 263 Å². The quantitative estimate of drug-likeness (QED) is 0.0897. The van der Waals surface area contributed by atoms with Crippen molar-refractivity contribution in [1.82, 2.24) is 20.9 Å². The van der Waals surface area contributed by atoms with Gasteiger partial charge < -0.3 is 66.2 Å².